The van der Waals surface area contributed by atoms with E-state index in [0.717, 1.165) is 51.7 Å². The summed E-state index contributed by atoms with van der Waals surface area (Å²) in [5.74, 6) is 8.43. The van der Waals surface area contributed by atoms with Crippen LogP contribution in [0.15, 0.2) is 116 Å². The number of H-pyrrole nitrogens is 2. The topological polar surface area (TPSA) is 69.4 Å². The Morgan fingerprint density at radius 2 is 1.79 bits per heavy atom. The molecule has 0 amide bonds. The van der Waals surface area contributed by atoms with Gasteiger partial charge in [0, 0.05) is 23.2 Å². The zero-order valence-corrected chi connectivity index (χ0v) is 28.2. The first-order valence-electron chi connectivity index (χ1n) is 15.5. The molecule has 0 unspecified atom stereocenters. The molecule has 3 aromatic carbocycles. The van der Waals surface area contributed by atoms with E-state index in [4.69, 9.17) is 4.98 Å². The van der Waals surface area contributed by atoms with Gasteiger partial charge in [-0.25, -0.2) is 9.37 Å². The Morgan fingerprint density at radius 1 is 1.00 bits per heavy atom. The molecule has 0 aliphatic rings. The van der Waals surface area contributed by atoms with Crippen molar-refractivity contribution in [1.82, 2.24) is 24.9 Å². The van der Waals surface area contributed by atoms with E-state index >= 15 is 0 Å². The Hall–Kier alpha value is -4.98. The third-order valence-electron chi connectivity index (χ3n) is 7.90. The van der Waals surface area contributed by atoms with Crippen molar-refractivity contribution in [1.29, 1.82) is 0 Å². The molecule has 0 bridgehead atoms. The van der Waals surface area contributed by atoms with Crippen LogP contribution in [0.5, 0.6) is 0 Å². The second kappa shape index (κ2) is 14.6. The maximum atomic E-state index is 14.9. The molecular formula is C40H42FN5S. The number of aromatic amines is 2. The van der Waals surface area contributed by atoms with Crippen LogP contribution in [-0.2, 0) is 13.0 Å². The highest BCUT2D eigenvalue weighted by Crippen LogP contribution is 2.33. The Labute approximate surface area is 278 Å². The van der Waals surface area contributed by atoms with E-state index in [0.29, 0.717) is 29.3 Å². The van der Waals surface area contributed by atoms with Gasteiger partial charge in [0.25, 0.3) is 0 Å². The van der Waals surface area contributed by atoms with Crippen molar-refractivity contribution in [2.24, 2.45) is 0 Å². The lowest BCUT2D eigenvalue weighted by atomic mass is 9.97. The van der Waals surface area contributed by atoms with Crippen LogP contribution in [0.25, 0.3) is 33.6 Å². The second-order valence-corrected chi connectivity index (χ2v) is 14.6. The van der Waals surface area contributed by atoms with Crippen LogP contribution in [0, 0.1) is 12.7 Å². The van der Waals surface area contributed by atoms with Crippen molar-refractivity contribution in [3.05, 3.63) is 155 Å². The highest BCUT2D eigenvalue weighted by Gasteiger charge is 2.19. The predicted octanol–water partition coefficient (Wildman–Crippen LogP) is 9.47. The van der Waals surface area contributed by atoms with Crippen molar-refractivity contribution < 1.29 is 4.39 Å². The lowest BCUT2D eigenvalue weighted by molar-refractivity contribution is 0.624. The van der Waals surface area contributed by atoms with Crippen LogP contribution in [0.4, 0.5) is 4.39 Å². The number of nitrogens with zero attached hydrogens (tertiary/aromatic N) is 2. The van der Waals surface area contributed by atoms with E-state index in [2.05, 4.69) is 93.4 Å². The number of imidazole rings is 1. The zero-order valence-electron chi connectivity index (χ0n) is 27.4. The minimum absolute atomic E-state index is 0.327. The van der Waals surface area contributed by atoms with E-state index < -0.39 is 9.39 Å². The number of nitrogens with one attached hydrogen (secondary N) is 3. The third kappa shape index (κ3) is 8.25. The summed E-state index contributed by atoms with van der Waals surface area (Å²) in [6.45, 7) is 12.5. The van der Waals surface area contributed by atoms with Crippen LogP contribution >= 0.6 is 9.39 Å². The van der Waals surface area contributed by atoms with Gasteiger partial charge in [0.05, 0.1) is 11.2 Å². The summed E-state index contributed by atoms with van der Waals surface area (Å²) in [6, 6.07) is 21.8. The van der Waals surface area contributed by atoms with Crippen LogP contribution < -0.4 is 4.72 Å². The molecule has 5 rings (SSSR count). The van der Waals surface area contributed by atoms with Crippen LogP contribution in [-0.4, -0.2) is 38.2 Å². The molecule has 2 heterocycles. The third-order valence-corrected chi connectivity index (χ3v) is 8.74. The summed E-state index contributed by atoms with van der Waals surface area (Å²) in [7, 11) is -1.45. The highest BCUT2D eigenvalue weighted by atomic mass is 32.2. The van der Waals surface area contributed by atoms with E-state index in [9.17, 15) is 4.39 Å². The van der Waals surface area contributed by atoms with E-state index in [-0.39, 0.29) is 5.82 Å². The molecule has 0 radical (unpaired) electrons. The number of hydrogen-bond donors (Lipinski definition) is 3. The Morgan fingerprint density at radius 3 is 2.49 bits per heavy atom. The van der Waals surface area contributed by atoms with Crippen molar-refractivity contribution >= 4 is 43.2 Å². The van der Waals surface area contributed by atoms with Crippen LogP contribution in [0.1, 0.15) is 47.0 Å². The fourth-order valence-corrected chi connectivity index (χ4v) is 6.02. The molecule has 0 atom stereocenters. The first-order valence-corrected chi connectivity index (χ1v) is 17.9. The van der Waals surface area contributed by atoms with Crippen molar-refractivity contribution in [2.75, 3.05) is 6.26 Å². The minimum atomic E-state index is -1.45. The summed E-state index contributed by atoms with van der Waals surface area (Å²) < 4.78 is 18.2. The molecule has 2 aromatic heterocycles. The van der Waals surface area contributed by atoms with Gasteiger partial charge >= 0.3 is 0 Å². The van der Waals surface area contributed by atoms with Gasteiger partial charge < -0.3 is 4.98 Å². The molecule has 0 aliphatic heterocycles. The highest BCUT2D eigenvalue weighted by molar-refractivity contribution is 8.25. The lowest BCUT2D eigenvalue weighted by Crippen LogP contribution is -2.08. The number of hydrogen-bond acceptors (Lipinski definition) is 3. The van der Waals surface area contributed by atoms with E-state index in [1.165, 1.54) is 23.3 Å². The smallest absolute Gasteiger partial charge is 0.159 e. The van der Waals surface area contributed by atoms with Gasteiger partial charge in [-0.05, 0) is 96.7 Å². The number of benzene rings is 3. The fraction of sp³-hybridized carbons (Fsp3) is 0.150. The maximum absolute atomic E-state index is 14.9. The molecule has 5 nitrogen and oxygen atoms in total. The van der Waals surface area contributed by atoms with Gasteiger partial charge in [-0.15, -0.1) is 0 Å². The van der Waals surface area contributed by atoms with Crippen molar-refractivity contribution in [3.8, 4) is 11.5 Å². The van der Waals surface area contributed by atoms with Crippen molar-refractivity contribution in [2.45, 2.75) is 33.2 Å². The number of aromatic nitrogens is 4. The maximum Gasteiger partial charge on any atom is 0.159 e. The average Bonchev–Trinajstić information content (AvgIpc) is 3.65. The summed E-state index contributed by atoms with van der Waals surface area (Å²) >= 11 is 0. The van der Waals surface area contributed by atoms with Crippen molar-refractivity contribution in [3.63, 3.8) is 0 Å². The number of fused-ring (bicyclic) bond motifs is 1. The fourth-order valence-electron chi connectivity index (χ4n) is 5.50. The van der Waals surface area contributed by atoms with Gasteiger partial charge in [0.15, 0.2) is 5.82 Å². The first kappa shape index (κ1) is 33.4. The molecule has 47 heavy (non-hydrogen) atoms. The number of rotatable bonds is 13. The minimum Gasteiger partial charge on any atom is -0.340 e. The Balaban J connectivity index is 1.48. The van der Waals surface area contributed by atoms with Gasteiger partial charge in [-0.3, -0.25) is 9.82 Å². The molecular weight excluding hydrogens is 602 g/mol. The lowest BCUT2D eigenvalue weighted by Gasteiger charge is -2.13. The zero-order chi connectivity index (χ0) is 33.6. The molecule has 5 aromatic rings. The molecule has 0 saturated carbocycles. The summed E-state index contributed by atoms with van der Waals surface area (Å²) in [4.78, 5) is 8.43. The number of aryl methyl sites for hydroxylation is 2. The first-order chi connectivity index (χ1) is 22.6. The summed E-state index contributed by atoms with van der Waals surface area (Å²) in [5.41, 5.74) is 10.1. The SMILES string of the molecule is C=C/C=C(/c1cc(F)cc(CNS(=C)(=C)C)c1)c1nc(-c2n[nH]c3ccc(C(/C=C(\C=C)CCc4ccccc4)=C/C)cc23)[nH]c1C. The normalized spacial score (nSPS) is 12.9. The molecule has 7 heteroatoms. The van der Waals surface area contributed by atoms with Gasteiger partial charge in [-0.2, -0.15) is 14.5 Å². The molecule has 0 spiro atoms. The van der Waals surface area contributed by atoms with Gasteiger partial charge in [0.1, 0.15) is 11.5 Å². The second-order valence-electron chi connectivity index (χ2n) is 11.8. The largest absolute Gasteiger partial charge is 0.340 e. The summed E-state index contributed by atoms with van der Waals surface area (Å²) in [6.07, 6.45) is 13.6. The predicted molar refractivity (Wildman–Crippen MR) is 203 cm³/mol. The number of halogens is 1. The quantitative estimate of drug-likeness (QED) is 0.0884. The molecule has 240 valence electrons. The van der Waals surface area contributed by atoms with Crippen LogP contribution in [0.3, 0.4) is 0 Å². The Kier molecular flexibility index (Phi) is 10.4. The molecule has 0 aliphatic carbocycles. The monoisotopic (exact) mass is 643 g/mol. The van der Waals surface area contributed by atoms with Gasteiger partial charge in [-0.1, -0.05) is 91.7 Å². The molecule has 3 N–H and O–H groups in total. The van der Waals surface area contributed by atoms with E-state index in [1.54, 1.807) is 6.08 Å². The van der Waals surface area contributed by atoms with E-state index in [1.807, 2.05) is 50.5 Å². The molecule has 0 fully saturated rings. The van der Waals surface area contributed by atoms with Gasteiger partial charge in [0.2, 0.25) is 0 Å². The standard InChI is InChI=1S/C40H42FN5S/c1-8-14-35(33-22-30(23-34(41)24-33)26-42-47(5,6)7)38-27(4)43-40(44-38)39-36-25-32(19-20-37(36)45-46-39)31(10-3)21-28(9-2)17-18-29-15-12-11-13-16-29/h8-16,19-25,42H,1-2,5-6,17-18,26H2,3-4,7H3,(H,43,44)(H,45,46)/b28-21+,31-10+,35-14-. The summed E-state index contributed by atoms with van der Waals surface area (Å²) in [5, 5.41) is 8.76. The van der Waals surface area contributed by atoms with Crippen LogP contribution in [0.2, 0.25) is 0 Å². The molecule has 0 saturated heterocycles. The average molecular weight is 644 g/mol. The number of allylic oxidation sites excluding steroid dienone is 7. The Bertz CT molecular complexity index is 2130.